The Morgan fingerprint density at radius 2 is 2.08 bits per heavy atom. The lowest BCUT2D eigenvalue weighted by Crippen LogP contribution is -2.38. The highest BCUT2D eigenvalue weighted by atomic mass is 35.5. The lowest BCUT2D eigenvalue weighted by molar-refractivity contribution is -0.113. The van der Waals surface area contributed by atoms with E-state index in [9.17, 15) is 4.79 Å². The predicted molar refractivity (Wildman–Crippen MR) is 104 cm³/mol. The average Bonchev–Trinajstić information content (AvgIpc) is 3.32. The summed E-state index contributed by atoms with van der Waals surface area (Å²) in [6.07, 6.45) is 7.85. The smallest absolute Gasteiger partial charge is 0.253 e. The summed E-state index contributed by atoms with van der Waals surface area (Å²) in [6, 6.07) is 7.34. The van der Waals surface area contributed by atoms with Crippen molar-refractivity contribution in [3.63, 3.8) is 0 Å². The highest BCUT2D eigenvalue weighted by molar-refractivity contribution is 6.30. The predicted octanol–water partition coefficient (Wildman–Crippen LogP) is 4.39. The molecule has 5 heteroatoms. The Labute approximate surface area is 159 Å². The van der Waals surface area contributed by atoms with Gasteiger partial charge in [0.25, 0.3) is 5.91 Å². The maximum atomic E-state index is 13.1. The normalized spacial score (nSPS) is 23.3. The number of amides is 1. The number of carbonyl (C=O) groups is 1. The SMILES string of the molecule is O=C(Nc1cccc(Cl)c1)C1=C(N2CCOCC2)[C@H](C2=CCCC2)CC1. The fourth-order valence-corrected chi connectivity index (χ4v) is 4.55. The van der Waals surface area contributed by atoms with Crippen molar-refractivity contribution in [2.75, 3.05) is 31.6 Å². The van der Waals surface area contributed by atoms with E-state index in [2.05, 4.69) is 16.3 Å². The number of hydrogen-bond acceptors (Lipinski definition) is 3. The number of carbonyl (C=O) groups excluding carboxylic acids is 1. The molecule has 26 heavy (non-hydrogen) atoms. The molecule has 1 N–H and O–H groups in total. The summed E-state index contributed by atoms with van der Waals surface area (Å²) in [7, 11) is 0. The zero-order chi connectivity index (χ0) is 17.9. The zero-order valence-electron chi connectivity index (χ0n) is 15.0. The van der Waals surface area contributed by atoms with Gasteiger partial charge in [-0.25, -0.2) is 0 Å². The largest absolute Gasteiger partial charge is 0.378 e. The van der Waals surface area contributed by atoms with Gasteiger partial charge >= 0.3 is 0 Å². The van der Waals surface area contributed by atoms with E-state index in [1.165, 1.54) is 30.5 Å². The highest BCUT2D eigenvalue weighted by Gasteiger charge is 2.35. The molecule has 4 nitrogen and oxygen atoms in total. The summed E-state index contributed by atoms with van der Waals surface area (Å²) >= 11 is 6.05. The molecule has 1 amide bonds. The van der Waals surface area contributed by atoms with Crippen LogP contribution in [0.2, 0.25) is 5.02 Å². The lowest BCUT2D eigenvalue weighted by Gasteiger charge is -2.34. The molecule has 1 saturated heterocycles. The fourth-order valence-electron chi connectivity index (χ4n) is 4.36. The second kappa shape index (κ2) is 7.85. The van der Waals surface area contributed by atoms with Crippen LogP contribution in [0.25, 0.3) is 0 Å². The number of allylic oxidation sites excluding steroid dienone is 2. The van der Waals surface area contributed by atoms with E-state index in [1.807, 2.05) is 18.2 Å². The van der Waals surface area contributed by atoms with Crippen molar-refractivity contribution in [2.24, 2.45) is 5.92 Å². The first-order chi connectivity index (χ1) is 12.7. The third kappa shape index (κ3) is 3.67. The first kappa shape index (κ1) is 17.6. The Balaban J connectivity index is 1.62. The summed E-state index contributed by atoms with van der Waals surface area (Å²) < 4.78 is 5.53. The molecule has 138 valence electrons. The number of nitrogens with one attached hydrogen (secondary N) is 1. The van der Waals surface area contributed by atoms with Crippen molar-refractivity contribution in [1.82, 2.24) is 4.90 Å². The molecule has 1 heterocycles. The first-order valence-electron chi connectivity index (χ1n) is 9.54. The molecular weight excluding hydrogens is 348 g/mol. The second-order valence-electron chi connectivity index (χ2n) is 7.19. The van der Waals surface area contributed by atoms with Crippen LogP contribution in [0, 0.1) is 5.92 Å². The van der Waals surface area contributed by atoms with E-state index < -0.39 is 0 Å². The Morgan fingerprint density at radius 1 is 1.23 bits per heavy atom. The molecule has 1 aromatic carbocycles. The van der Waals surface area contributed by atoms with Crippen molar-refractivity contribution >= 4 is 23.2 Å². The summed E-state index contributed by atoms with van der Waals surface area (Å²) in [5.41, 5.74) is 4.45. The van der Waals surface area contributed by atoms with Crippen molar-refractivity contribution in [2.45, 2.75) is 32.1 Å². The van der Waals surface area contributed by atoms with Crippen LogP contribution in [0.15, 0.2) is 47.2 Å². The van der Waals surface area contributed by atoms with E-state index in [4.69, 9.17) is 16.3 Å². The summed E-state index contributed by atoms with van der Waals surface area (Å²) in [6.45, 7) is 3.21. The molecule has 0 aromatic heterocycles. The number of rotatable bonds is 4. The number of nitrogens with zero attached hydrogens (tertiary/aromatic N) is 1. The van der Waals surface area contributed by atoms with Gasteiger partial charge in [-0.15, -0.1) is 0 Å². The minimum atomic E-state index is 0.00913. The van der Waals surface area contributed by atoms with Gasteiger partial charge in [0.1, 0.15) is 0 Å². The van der Waals surface area contributed by atoms with Gasteiger partial charge < -0.3 is 15.0 Å². The standard InChI is InChI=1S/C21H25ClN2O2/c22-16-6-3-7-17(14-16)23-21(25)19-9-8-18(15-4-1-2-5-15)20(19)24-10-12-26-13-11-24/h3-4,6-7,14,18H,1-2,5,8-13H2,(H,23,25)/t18-/m0/s1. The van der Waals surface area contributed by atoms with Crippen LogP contribution >= 0.6 is 11.6 Å². The van der Waals surface area contributed by atoms with E-state index in [-0.39, 0.29) is 5.91 Å². The monoisotopic (exact) mass is 372 g/mol. The van der Waals surface area contributed by atoms with Crippen molar-refractivity contribution in [3.05, 3.63) is 52.2 Å². The quantitative estimate of drug-likeness (QED) is 0.797. The molecule has 1 aliphatic heterocycles. The topological polar surface area (TPSA) is 41.6 Å². The Bertz CT molecular complexity index is 750. The minimum absolute atomic E-state index is 0.00913. The van der Waals surface area contributed by atoms with Gasteiger partial charge in [-0.05, 0) is 50.3 Å². The molecule has 2 aliphatic carbocycles. The van der Waals surface area contributed by atoms with E-state index in [0.29, 0.717) is 10.9 Å². The van der Waals surface area contributed by atoms with E-state index >= 15 is 0 Å². The molecular formula is C21H25ClN2O2. The maximum Gasteiger partial charge on any atom is 0.253 e. The van der Waals surface area contributed by atoms with Crippen LogP contribution in [0.5, 0.6) is 0 Å². The van der Waals surface area contributed by atoms with Gasteiger partial charge in [0, 0.05) is 41.0 Å². The Hall–Kier alpha value is -1.78. The number of anilines is 1. The fraction of sp³-hybridized carbons (Fsp3) is 0.476. The second-order valence-corrected chi connectivity index (χ2v) is 7.63. The number of morpholine rings is 1. The molecule has 0 bridgehead atoms. The number of ether oxygens (including phenoxy) is 1. The Kier molecular flexibility index (Phi) is 5.32. The third-order valence-electron chi connectivity index (χ3n) is 5.55. The van der Waals surface area contributed by atoms with Crippen molar-refractivity contribution in [1.29, 1.82) is 0 Å². The Morgan fingerprint density at radius 3 is 2.81 bits per heavy atom. The summed E-state index contributed by atoms with van der Waals surface area (Å²) in [5, 5.41) is 3.68. The molecule has 0 radical (unpaired) electrons. The van der Waals surface area contributed by atoms with Gasteiger partial charge in [-0.3, -0.25) is 4.79 Å². The lowest BCUT2D eigenvalue weighted by atomic mass is 9.94. The first-order valence-corrected chi connectivity index (χ1v) is 9.92. The number of hydrogen-bond donors (Lipinski definition) is 1. The molecule has 1 fully saturated rings. The average molecular weight is 373 g/mol. The third-order valence-corrected chi connectivity index (χ3v) is 5.79. The minimum Gasteiger partial charge on any atom is -0.378 e. The number of halogens is 1. The van der Waals surface area contributed by atoms with Crippen LogP contribution in [0.1, 0.15) is 32.1 Å². The summed E-state index contributed by atoms with van der Waals surface area (Å²) in [5.74, 6) is 0.408. The van der Waals surface area contributed by atoms with Crippen LogP contribution in [-0.2, 0) is 9.53 Å². The van der Waals surface area contributed by atoms with Crippen LogP contribution in [0.4, 0.5) is 5.69 Å². The van der Waals surface area contributed by atoms with E-state index in [0.717, 1.165) is 50.4 Å². The molecule has 1 aromatic rings. The molecule has 0 saturated carbocycles. The molecule has 1 atom stereocenters. The molecule has 0 unspecified atom stereocenters. The van der Waals surface area contributed by atoms with Gasteiger partial charge in [0.15, 0.2) is 0 Å². The van der Waals surface area contributed by atoms with Gasteiger partial charge in [-0.1, -0.05) is 29.3 Å². The maximum absolute atomic E-state index is 13.1. The zero-order valence-corrected chi connectivity index (χ0v) is 15.7. The van der Waals surface area contributed by atoms with Crippen LogP contribution in [-0.4, -0.2) is 37.1 Å². The van der Waals surface area contributed by atoms with Crippen LogP contribution in [0.3, 0.4) is 0 Å². The van der Waals surface area contributed by atoms with E-state index in [1.54, 1.807) is 6.07 Å². The molecule has 0 spiro atoms. The van der Waals surface area contributed by atoms with Gasteiger partial charge in [-0.2, -0.15) is 0 Å². The number of benzene rings is 1. The molecule has 4 rings (SSSR count). The van der Waals surface area contributed by atoms with Crippen molar-refractivity contribution in [3.8, 4) is 0 Å². The molecule has 3 aliphatic rings. The summed E-state index contributed by atoms with van der Waals surface area (Å²) in [4.78, 5) is 15.4. The van der Waals surface area contributed by atoms with Gasteiger partial charge in [0.2, 0.25) is 0 Å². The van der Waals surface area contributed by atoms with Crippen LogP contribution < -0.4 is 5.32 Å². The van der Waals surface area contributed by atoms with Crippen molar-refractivity contribution < 1.29 is 9.53 Å². The van der Waals surface area contributed by atoms with Gasteiger partial charge in [0.05, 0.1) is 13.2 Å². The highest BCUT2D eigenvalue weighted by Crippen LogP contribution is 2.42.